The Bertz CT molecular complexity index is 1380. The van der Waals surface area contributed by atoms with Gasteiger partial charge < -0.3 is 9.47 Å². The second kappa shape index (κ2) is 10.4. The van der Waals surface area contributed by atoms with Crippen LogP contribution in [0.2, 0.25) is 0 Å². The van der Waals surface area contributed by atoms with E-state index in [0.29, 0.717) is 35.1 Å². The Morgan fingerprint density at radius 2 is 1.83 bits per heavy atom. The van der Waals surface area contributed by atoms with E-state index in [9.17, 15) is 4.79 Å². The molecule has 3 heterocycles. The number of para-hydroxylation sites is 3. The molecule has 0 bridgehead atoms. The number of aromatic nitrogens is 2. The number of rotatable bonds is 8. The molecule has 0 atom stereocenters. The van der Waals surface area contributed by atoms with Crippen LogP contribution >= 0.6 is 23.1 Å². The summed E-state index contributed by atoms with van der Waals surface area (Å²) in [6, 6.07) is 17.9. The topological polar surface area (TPSA) is 56.6 Å². The molecule has 0 radical (unpaired) electrons. The molecule has 35 heavy (non-hydrogen) atoms. The molecule has 0 N–H and O–H groups in total. The zero-order valence-electron chi connectivity index (χ0n) is 20.2. The van der Waals surface area contributed by atoms with E-state index < -0.39 is 0 Å². The molecule has 0 saturated heterocycles. The molecular weight excluding hydrogens is 478 g/mol. The lowest BCUT2D eigenvalue weighted by molar-refractivity contribution is 0.206. The molecule has 0 aliphatic carbocycles. The van der Waals surface area contributed by atoms with Gasteiger partial charge in [-0.05, 0) is 50.1 Å². The number of methoxy groups -OCH3 is 1. The number of hydrogen-bond donors (Lipinski definition) is 0. The molecule has 1 aliphatic rings. The number of benzene rings is 2. The van der Waals surface area contributed by atoms with E-state index in [1.807, 2.05) is 54.6 Å². The average molecular weight is 508 g/mol. The maximum atomic E-state index is 13.9. The number of nitrogens with zero attached hydrogens (tertiary/aromatic N) is 3. The lowest BCUT2D eigenvalue weighted by Crippen LogP contribution is -2.35. The van der Waals surface area contributed by atoms with E-state index in [4.69, 9.17) is 14.5 Å². The molecule has 2 aromatic carbocycles. The van der Waals surface area contributed by atoms with Crippen LogP contribution in [0.1, 0.15) is 24.3 Å². The second-order valence-electron chi connectivity index (χ2n) is 8.72. The number of thiophene rings is 1. The van der Waals surface area contributed by atoms with Gasteiger partial charge in [0.05, 0.1) is 24.8 Å². The Hall–Kier alpha value is -2.81. The van der Waals surface area contributed by atoms with Gasteiger partial charge in [-0.2, -0.15) is 0 Å². The van der Waals surface area contributed by atoms with Crippen molar-refractivity contribution < 1.29 is 9.47 Å². The van der Waals surface area contributed by atoms with E-state index in [0.717, 1.165) is 35.4 Å². The van der Waals surface area contributed by atoms with Crippen LogP contribution < -0.4 is 15.0 Å². The van der Waals surface area contributed by atoms with E-state index >= 15 is 0 Å². The third-order valence-electron chi connectivity index (χ3n) is 6.26. The summed E-state index contributed by atoms with van der Waals surface area (Å²) in [5.41, 5.74) is 2.03. The Morgan fingerprint density at radius 3 is 2.57 bits per heavy atom. The minimum Gasteiger partial charge on any atom is -0.493 e. The smallest absolute Gasteiger partial charge is 0.267 e. The SMILES string of the molecule is COc1ccccc1OCCSc1nc2sc3c(c2c(=O)n1-c1ccccc1)CCN(C(C)C)C3. The molecular formula is C27H29N3O3S2. The predicted molar refractivity (Wildman–Crippen MR) is 144 cm³/mol. The Morgan fingerprint density at radius 1 is 1.09 bits per heavy atom. The first-order chi connectivity index (χ1) is 17.1. The van der Waals surface area contributed by atoms with Crippen molar-refractivity contribution in [3.05, 3.63) is 75.4 Å². The van der Waals surface area contributed by atoms with Crippen molar-refractivity contribution in [1.29, 1.82) is 0 Å². The monoisotopic (exact) mass is 507 g/mol. The molecule has 4 aromatic rings. The summed E-state index contributed by atoms with van der Waals surface area (Å²) in [6.45, 7) is 6.77. The predicted octanol–water partition coefficient (Wildman–Crippen LogP) is 5.39. The third-order valence-corrected chi connectivity index (χ3v) is 8.27. The van der Waals surface area contributed by atoms with Crippen molar-refractivity contribution in [2.24, 2.45) is 0 Å². The van der Waals surface area contributed by atoms with Gasteiger partial charge >= 0.3 is 0 Å². The van der Waals surface area contributed by atoms with Crippen LogP contribution in [-0.2, 0) is 13.0 Å². The summed E-state index contributed by atoms with van der Waals surface area (Å²) in [5.74, 6) is 2.06. The highest BCUT2D eigenvalue weighted by Gasteiger charge is 2.26. The third kappa shape index (κ3) is 4.83. The normalized spacial score (nSPS) is 13.8. The zero-order chi connectivity index (χ0) is 24.4. The lowest BCUT2D eigenvalue weighted by Gasteiger charge is -2.30. The first-order valence-electron chi connectivity index (χ1n) is 11.8. The Kier molecular flexibility index (Phi) is 7.13. The van der Waals surface area contributed by atoms with Crippen LogP contribution in [0.3, 0.4) is 0 Å². The summed E-state index contributed by atoms with van der Waals surface area (Å²) < 4.78 is 13.1. The summed E-state index contributed by atoms with van der Waals surface area (Å²) >= 11 is 3.20. The van der Waals surface area contributed by atoms with Crippen molar-refractivity contribution in [3.8, 4) is 17.2 Å². The van der Waals surface area contributed by atoms with Crippen LogP contribution in [-0.4, -0.2) is 46.5 Å². The standard InChI is InChI=1S/C27H29N3O3S2/c1-18(2)29-14-13-20-23(17-29)35-25-24(20)26(31)30(19-9-5-4-6-10-19)27(28-25)34-16-15-33-22-12-8-7-11-21(22)32-3/h4-12,18H,13-17H2,1-3H3. The highest BCUT2D eigenvalue weighted by molar-refractivity contribution is 7.99. The molecule has 182 valence electrons. The van der Waals surface area contributed by atoms with E-state index in [-0.39, 0.29) is 5.56 Å². The molecule has 5 rings (SSSR count). The minimum atomic E-state index is 0.0184. The largest absolute Gasteiger partial charge is 0.493 e. The molecule has 0 unspecified atom stereocenters. The van der Waals surface area contributed by atoms with E-state index in [1.165, 1.54) is 22.2 Å². The maximum absolute atomic E-state index is 13.9. The maximum Gasteiger partial charge on any atom is 0.267 e. The summed E-state index contributed by atoms with van der Waals surface area (Å²) in [4.78, 5) is 23.5. The van der Waals surface area contributed by atoms with E-state index in [2.05, 4.69) is 18.7 Å². The summed E-state index contributed by atoms with van der Waals surface area (Å²) in [7, 11) is 1.63. The first kappa shape index (κ1) is 23.9. The summed E-state index contributed by atoms with van der Waals surface area (Å²) in [5, 5.41) is 1.48. The van der Waals surface area contributed by atoms with Crippen molar-refractivity contribution in [2.75, 3.05) is 26.0 Å². The molecule has 8 heteroatoms. The van der Waals surface area contributed by atoms with Gasteiger partial charge in [0, 0.05) is 29.8 Å². The quantitative estimate of drug-likeness (QED) is 0.181. The van der Waals surface area contributed by atoms with Gasteiger partial charge in [-0.25, -0.2) is 4.98 Å². The van der Waals surface area contributed by atoms with Crippen LogP contribution in [0, 0.1) is 0 Å². The fourth-order valence-corrected chi connectivity index (χ4v) is 6.52. The molecule has 2 aromatic heterocycles. The molecule has 1 aliphatic heterocycles. The van der Waals surface area contributed by atoms with Crippen LogP contribution in [0.5, 0.6) is 11.5 Å². The number of fused-ring (bicyclic) bond motifs is 3. The Balaban J connectivity index is 1.47. The second-order valence-corrected chi connectivity index (χ2v) is 10.9. The number of hydrogen-bond acceptors (Lipinski definition) is 7. The highest BCUT2D eigenvalue weighted by atomic mass is 32.2. The van der Waals surface area contributed by atoms with Gasteiger partial charge in [0.15, 0.2) is 16.7 Å². The Labute approximate surface area is 213 Å². The van der Waals surface area contributed by atoms with Gasteiger partial charge in [0.25, 0.3) is 5.56 Å². The molecule has 0 saturated carbocycles. The molecule has 6 nitrogen and oxygen atoms in total. The van der Waals surface area contributed by atoms with Crippen LogP contribution in [0.25, 0.3) is 15.9 Å². The van der Waals surface area contributed by atoms with E-state index in [1.54, 1.807) is 23.0 Å². The fraction of sp³-hybridized carbons (Fsp3) is 0.333. The average Bonchev–Trinajstić information content (AvgIpc) is 3.25. The summed E-state index contributed by atoms with van der Waals surface area (Å²) in [6.07, 6.45) is 0.887. The highest BCUT2D eigenvalue weighted by Crippen LogP contribution is 2.35. The lowest BCUT2D eigenvalue weighted by atomic mass is 10.0. The van der Waals surface area contributed by atoms with Crippen LogP contribution in [0.15, 0.2) is 64.5 Å². The van der Waals surface area contributed by atoms with Crippen molar-refractivity contribution in [2.45, 2.75) is 38.0 Å². The van der Waals surface area contributed by atoms with Crippen LogP contribution in [0.4, 0.5) is 0 Å². The van der Waals surface area contributed by atoms with Crippen molar-refractivity contribution in [3.63, 3.8) is 0 Å². The molecule has 0 fully saturated rings. The first-order valence-corrected chi connectivity index (χ1v) is 13.6. The number of ether oxygens (including phenoxy) is 2. The van der Waals surface area contributed by atoms with Crippen molar-refractivity contribution >= 4 is 33.3 Å². The van der Waals surface area contributed by atoms with Gasteiger partial charge in [-0.1, -0.05) is 42.1 Å². The molecule has 0 spiro atoms. The zero-order valence-corrected chi connectivity index (χ0v) is 21.8. The van der Waals surface area contributed by atoms with Gasteiger partial charge in [0.2, 0.25) is 0 Å². The van der Waals surface area contributed by atoms with Crippen molar-refractivity contribution in [1.82, 2.24) is 14.5 Å². The minimum absolute atomic E-state index is 0.0184. The number of thioether (sulfide) groups is 1. The van der Waals surface area contributed by atoms with Gasteiger partial charge in [0.1, 0.15) is 4.83 Å². The molecule has 0 amide bonds. The fourth-order valence-electron chi connectivity index (χ4n) is 4.41. The van der Waals surface area contributed by atoms with Gasteiger partial charge in [-0.15, -0.1) is 11.3 Å². The van der Waals surface area contributed by atoms with Gasteiger partial charge in [-0.3, -0.25) is 14.3 Å².